The maximum absolute atomic E-state index is 11.7. The molecule has 0 aliphatic carbocycles. The molecule has 2 aromatic carbocycles. The van der Waals surface area contributed by atoms with Gasteiger partial charge < -0.3 is 4.18 Å². The number of aromatic nitrogens is 2. The van der Waals surface area contributed by atoms with Gasteiger partial charge in [-0.2, -0.15) is 0 Å². The van der Waals surface area contributed by atoms with Gasteiger partial charge in [-0.15, -0.1) is 13.1 Å². The highest BCUT2D eigenvalue weighted by Crippen LogP contribution is 2.33. The first-order valence-electron chi connectivity index (χ1n) is 5.85. The van der Waals surface area contributed by atoms with Gasteiger partial charge in [0.25, 0.3) is 0 Å². The van der Waals surface area contributed by atoms with Crippen LogP contribution in [-0.4, -0.2) is 18.1 Å². The first-order chi connectivity index (χ1) is 9.64. The number of para-hydroxylation sites is 1. The number of rotatable bonds is 1. The van der Waals surface area contributed by atoms with Crippen LogP contribution in [0.5, 0.6) is 5.75 Å². The third-order valence-corrected chi connectivity index (χ3v) is 3.71. The highest BCUT2D eigenvalue weighted by atomic mass is 32.3. The number of benzene rings is 2. The molecule has 20 heavy (non-hydrogen) atoms. The van der Waals surface area contributed by atoms with Crippen LogP contribution < -0.4 is 8.47 Å². The molecule has 0 atom stereocenters. The third kappa shape index (κ3) is 1.56. The fourth-order valence-electron chi connectivity index (χ4n) is 2.18. The molecule has 0 radical (unpaired) electrons. The zero-order chi connectivity index (χ0) is 13.7. The number of imidazole rings is 1. The smallest absolute Gasteiger partial charge is 0.349 e. The molecule has 0 spiro atoms. The largest absolute Gasteiger partial charge is 0.520 e. The van der Waals surface area contributed by atoms with Crippen molar-refractivity contribution in [2.75, 3.05) is 0 Å². The maximum Gasteiger partial charge on any atom is 0.520 e. The van der Waals surface area contributed by atoms with Crippen molar-refractivity contribution in [1.82, 2.24) is 9.71 Å². The SMILES string of the molecule is O=S1(=O)Oc2cccc3c2nc(-c2ccccc2)n3O1. The topological polar surface area (TPSA) is 70.4 Å². The lowest BCUT2D eigenvalue weighted by Gasteiger charge is -2.09. The van der Waals surface area contributed by atoms with Crippen LogP contribution in [0.3, 0.4) is 0 Å². The minimum Gasteiger partial charge on any atom is -0.349 e. The minimum atomic E-state index is -4.15. The van der Waals surface area contributed by atoms with Crippen LogP contribution >= 0.6 is 0 Å². The predicted molar refractivity (Wildman–Crippen MR) is 71.3 cm³/mol. The molecule has 0 saturated heterocycles. The molecule has 3 aromatic rings. The van der Waals surface area contributed by atoms with Crippen molar-refractivity contribution in [2.24, 2.45) is 0 Å². The van der Waals surface area contributed by atoms with E-state index in [1.165, 1.54) is 4.73 Å². The fourth-order valence-corrected chi connectivity index (χ4v) is 2.90. The van der Waals surface area contributed by atoms with Crippen molar-refractivity contribution >= 4 is 21.4 Å². The van der Waals surface area contributed by atoms with Gasteiger partial charge in [0.15, 0.2) is 11.6 Å². The Labute approximate surface area is 114 Å². The molecule has 6 nitrogen and oxygen atoms in total. The van der Waals surface area contributed by atoms with Gasteiger partial charge in [-0.25, -0.2) is 4.98 Å². The van der Waals surface area contributed by atoms with E-state index in [1.807, 2.05) is 30.3 Å². The fraction of sp³-hybridized carbons (Fsp3) is 0. The van der Waals surface area contributed by atoms with Crippen LogP contribution in [-0.2, 0) is 10.4 Å². The zero-order valence-electron chi connectivity index (χ0n) is 10.1. The van der Waals surface area contributed by atoms with E-state index in [9.17, 15) is 8.42 Å². The molecule has 1 aliphatic rings. The van der Waals surface area contributed by atoms with Crippen LogP contribution in [0, 0.1) is 0 Å². The molecule has 100 valence electrons. The van der Waals surface area contributed by atoms with Crippen LogP contribution in [0.4, 0.5) is 0 Å². The Kier molecular flexibility index (Phi) is 2.11. The molecular formula is C13H8N2O4S. The average molecular weight is 288 g/mol. The van der Waals surface area contributed by atoms with E-state index in [0.29, 0.717) is 16.9 Å². The Morgan fingerprint density at radius 1 is 1.00 bits per heavy atom. The number of hydrogen-bond donors (Lipinski definition) is 0. The van der Waals surface area contributed by atoms with E-state index >= 15 is 0 Å². The first-order valence-corrected chi connectivity index (χ1v) is 7.19. The Hall–Kier alpha value is -2.54. The summed E-state index contributed by atoms with van der Waals surface area (Å²) in [4.78, 5) is 4.42. The summed E-state index contributed by atoms with van der Waals surface area (Å²) in [5, 5.41) is 0. The number of nitrogens with zero attached hydrogens (tertiary/aromatic N) is 2. The van der Waals surface area contributed by atoms with Crippen molar-refractivity contribution in [3.63, 3.8) is 0 Å². The second-order valence-electron chi connectivity index (χ2n) is 4.29. The van der Waals surface area contributed by atoms with Crippen molar-refractivity contribution in [2.45, 2.75) is 0 Å². The van der Waals surface area contributed by atoms with Gasteiger partial charge >= 0.3 is 10.4 Å². The van der Waals surface area contributed by atoms with Gasteiger partial charge in [0.05, 0.1) is 0 Å². The van der Waals surface area contributed by atoms with E-state index < -0.39 is 10.4 Å². The molecule has 2 heterocycles. The summed E-state index contributed by atoms with van der Waals surface area (Å²) in [6, 6.07) is 14.2. The van der Waals surface area contributed by atoms with Crippen molar-refractivity contribution in [3.8, 4) is 17.1 Å². The van der Waals surface area contributed by atoms with E-state index in [1.54, 1.807) is 18.2 Å². The standard InChI is InChI=1S/C13H8N2O4S/c16-20(17)18-11-8-4-7-10-12(11)14-13(15(10)19-20)9-5-2-1-3-6-9/h1-8H. The molecule has 1 aliphatic heterocycles. The predicted octanol–water partition coefficient (Wildman–Crippen LogP) is 1.77. The van der Waals surface area contributed by atoms with Crippen LogP contribution in [0.2, 0.25) is 0 Å². The summed E-state index contributed by atoms with van der Waals surface area (Å²) in [5.74, 6) is 0.579. The second-order valence-corrected chi connectivity index (χ2v) is 5.42. The van der Waals surface area contributed by atoms with E-state index in [-0.39, 0.29) is 5.75 Å². The Bertz CT molecular complexity index is 916. The van der Waals surface area contributed by atoms with Gasteiger partial charge in [0, 0.05) is 5.56 Å². The molecule has 4 bridgehead atoms. The Morgan fingerprint density at radius 3 is 2.60 bits per heavy atom. The summed E-state index contributed by atoms with van der Waals surface area (Å²) in [5.41, 5.74) is 1.75. The summed E-state index contributed by atoms with van der Waals surface area (Å²) >= 11 is 0. The Morgan fingerprint density at radius 2 is 1.80 bits per heavy atom. The van der Waals surface area contributed by atoms with Crippen molar-refractivity contribution < 1.29 is 16.9 Å². The minimum absolute atomic E-state index is 0.163. The molecule has 0 amide bonds. The van der Waals surface area contributed by atoms with Gasteiger partial charge in [-0.1, -0.05) is 36.4 Å². The second kappa shape index (κ2) is 3.73. The van der Waals surface area contributed by atoms with Crippen LogP contribution in [0.1, 0.15) is 0 Å². The molecular weight excluding hydrogens is 280 g/mol. The molecule has 0 unspecified atom stereocenters. The van der Waals surface area contributed by atoms with Crippen molar-refractivity contribution in [3.05, 3.63) is 48.5 Å². The lowest BCUT2D eigenvalue weighted by Crippen LogP contribution is -2.24. The zero-order valence-corrected chi connectivity index (χ0v) is 10.9. The summed E-state index contributed by atoms with van der Waals surface area (Å²) in [6.07, 6.45) is 0. The van der Waals surface area contributed by atoms with Crippen molar-refractivity contribution in [1.29, 1.82) is 0 Å². The molecule has 0 saturated carbocycles. The molecule has 0 N–H and O–H groups in total. The Balaban J connectivity index is 2.10. The highest BCUT2D eigenvalue weighted by Gasteiger charge is 2.28. The van der Waals surface area contributed by atoms with Gasteiger partial charge in [-0.3, -0.25) is 4.28 Å². The lowest BCUT2D eigenvalue weighted by atomic mass is 10.2. The molecule has 0 fully saturated rings. The van der Waals surface area contributed by atoms with E-state index in [4.69, 9.17) is 8.47 Å². The van der Waals surface area contributed by atoms with Gasteiger partial charge in [0.2, 0.25) is 0 Å². The van der Waals surface area contributed by atoms with E-state index in [0.717, 1.165) is 5.56 Å². The third-order valence-electron chi connectivity index (χ3n) is 3.00. The molecule has 1 aromatic heterocycles. The molecule has 7 heteroatoms. The normalized spacial score (nSPS) is 15.6. The van der Waals surface area contributed by atoms with Crippen LogP contribution in [0.25, 0.3) is 22.4 Å². The highest BCUT2D eigenvalue weighted by molar-refractivity contribution is 7.82. The van der Waals surface area contributed by atoms with Gasteiger partial charge in [-0.05, 0) is 12.1 Å². The summed E-state index contributed by atoms with van der Waals surface area (Å²) in [7, 11) is -4.15. The average Bonchev–Trinajstić information content (AvgIpc) is 2.76. The monoisotopic (exact) mass is 288 g/mol. The van der Waals surface area contributed by atoms with E-state index in [2.05, 4.69) is 4.98 Å². The quantitative estimate of drug-likeness (QED) is 0.682. The molecule has 4 rings (SSSR count). The number of hydrogen-bond acceptors (Lipinski definition) is 5. The first kappa shape index (κ1) is 11.3. The maximum atomic E-state index is 11.7. The summed E-state index contributed by atoms with van der Waals surface area (Å²) in [6.45, 7) is 0. The summed E-state index contributed by atoms with van der Waals surface area (Å²) < 4.78 is 34.5. The van der Waals surface area contributed by atoms with Crippen LogP contribution in [0.15, 0.2) is 48.5 Å². The lowest BCUT2D eigenvalue weighted by molar-refractivity contribution is 0.259. The van der Waals surface area contributed by atoms with Gasteiger partial charge in [0.1, 0.15) is 11.0 Å².